The Morgan fingerprint density at radius 2 is 2.36 bits per heavy atom. The molecule has 0 aromatic carbocycles. The van der Waals surface area contributed by atoms with Gasteiger partial charge in [0.2, 0.25) is 0 Å². The zero-order valence-electron chi connectivity index (χ0n) is 6.71. The van der Waals surface area contributed by atoms with Crippen LogP contribution in [0.2, 0.25) is 0 Å². The summed E-state index contributed by atoms with van der Waals surface area (Å²) >= 11 is 0. The van der Waals surface area contributed by atoms with Crippen LogP contribution < -0.4 is 0 Å². The van der Waals surface area contributed by atoms with Gasteiger partial charge in [-0.05, 0) is 30.5 Å². The lowest BCUT2D eigenvalue weighted by Gasteiger charge is -1.88. The Morgan fingerprint density at radius 3 is 2.82 bits per heavy atom. The molecule has 1 heterocycles. The van der Waals surface area contributed by atoms with Crippen LogP contribution in [0.15, 0.2) is 23.1 Å². The Kier molecular flexibility index (Phi) is 1.38. The van der Waals surface area contributed by atoms with Gasteiger partial charge in [-0.25, -0.2) is 0 Å². The third-order valence-electron chi connectivity index (χ3n) is 2.32. The van der Waals surface area contributed by atoms with Crippen molar-refractivity contribution in [3.05, 3.63) is 30.2 Å². The van der Waals surface area contributed by atoms with E-state index in [2.05, 4.69) is 19.6 Å². The molecule has 11 heavy (non-hydrogen) atoms. The van der Waals surface area contributed by atoms with Gasteiger partial charge < -0.3 is 4.42 Å². The van der Waals surface area contributed by atoms with Gasteiger partial charge in [-0.1, -0.05) is 13.5 Å². The topological polar surface area (TPSA) is 13.1 Å². The summed E-state index contributed by atoms with van der Waals surface area (Å²) in [6.45, 7) is 5.90. The van der Waals surface area contributed by atoms with Crippen molar-refractivity contribution >= 4 is 6.08 Å². The van der Waals surface area contributed by atoms with Crippen LogP contribution in [-0.2, 0) is 0 Å². The fourth-order valence-corrected chi connectivity index (χ4v) is 1.40. The largest absolute Gasteiger partial charge is 0.461 e. The van der Waals surface area contributed by atoms with Crippen molar-refractivity contribution in [2.45, 2.75) is 19.3 Å². The molecule has 1 aliphatic carbocycles. The molecule has 1 aromatic rings. The minimum absolute atomic E-state index is 0.684. The highest BCUT2D eigenvalue weighted by molar-refractivity contribution is 5.40. The molecule has 2 rings (SSSR count). The lowest BCUT2D eigenvalue weighted by Crippen LogP contribution is -1.73. The molecule has 2 atom stereocenters. The van der Waals surface area contributed by atoms with Gasteiger partial charge in [0, 0.05) is 5.92 Å². The normalized spacial score (nSPS) is 28.5. The van der Waals surface area contributed by atoms with Crippen molar-refractivity contribution < 1.29 is 4.42 Å². The minimum atomic E-state index is 0.684. The number of furan rings is 1. The van der Waals surface area contributed by atoms with Crippen molar-refractivity contribution in [2.75, 3.05) is 0 Å². The van der Waals surface area contributed by atoms with Gasteiger partial charge in [-0.3, -0.25) is 0 Å². The fraction of sp³-hybridized carbons (Fsp3) is 0.400. The van der Waals surface area contributed by atoms with E-state index in [-0.39, 0.29) is 0 Å². The van der Waals surface area contributed by atoms with E-state index in [1.807, 2.05) is 6.07 Å². The van der Waals surface area contributed by atoms with Crippen LogP contribution in [0.1, 0.15) is 30.8 Å². The van der Waals surface area contributed by atoms with E-state index in [1.165, 1.54) is 6.42 Å². The van der Waals surface area contributed by atoms with Gasteiger partial charge in [0.15, 0.2) is 0 Å². The average Bonchev–Trinajstić information content (AvgIpc) is 2.59. The second kappa shape index (κ2) is 2.26. The molecule has 1 saturated carbocycles. The maximum absolute atomic E-state index is 5.51. The smallest absolute Gasteiger partial charge is 0.126 e. The summed E-state index contributed by atoms with van der Waals surface area (Å²) in [4.78, 5) is 0. The zero-order valence-corrected chi connectivity index (χ0v) is 6.71. The van der Waals surface area contributed by atoms with E-state index >= 15 is 0 Å². The Morgan fingerprint density at radius 1 is 1.64 bits per heavy atom. The van der Waals surface area contributed by atoms with Crippen LogP contribution in [0, 0.1) is 5.92 Å². The number of hydrogen-bond acceptors (Lipinski definition) is 1. The average molecular weight is 148 g/mol. The summed E-state index contributed by atoms with van der Waals surface area (Å²) < 4.78 is 5.51. The first-order valence-electron chi connectivity index (χ1n) is 4.03. The van der Waals surface area contributed by atoms with Gasteiger partial charge in [-0.2, -0.15) is 0 Å². The molecule has 0 spiro atoms. The van der Waals surface area contributed by atoms with Gasteiger partial charge in [-0.15, -0.1) is 0 Å². The SMILES string of the molecule is C=Cc1ccc(C2CC2C)o1. The first-order valence-corrected chi connectivity index (χ1v) is 4.03. The quantitative estimate of drug-likeness (QED) is 0.628. The monoisotopic (exact) mass is 148 g/mol. The first-order chi connectivity index (χ1) is 5.31. The maximum atomic E-state index is 5.51. The Bertz CT molecular complexity index is 272. The van der Waals surface area contributed by atoms with E-state index < -0.39 is 0 Å². The summed E-state index contributed by atoms with van der Waals surface area (Å²) in [5, 5.41) is 0. The summed E-state index contributed by atoms with van der Waals surface area (Å²) in [6.07, 6.45) is 3.03. The standard InChI is InChI=1S/C10H12O/c1-3-8-4-5-10(11-8)9-6-7(9)2/h3-5,7,9H,1,6H2,2H3. The van der Waals surface area contributed by atoms with Gasteiger partial charge in [0.25, 0.3) is 0 Å². The van der Waals surface area contributed by atoms with E-state index in [0.29, 0.717) is 5.92 Å². The summed E-state index contributed by atoms with van der Waals surface area (Å²) in [5.41, 5.74) is 0. The van der Waals surface area contributed by atoms with Crippen LogP contribution in [-0.4, -0.2) is 0 Å². The first kappa shape index (κ1) is 6.71. The molecule has 0 radical (unpaired) electrons. The van der Waals surface area contributed by atoms with Gasteiger partial charge >= 0.3 is 0 Å². The molecule has 1 heteroatoms. The molecule has 58 valence electrons. The zero-order chi connectivity index (χ0) is 7.84. The maximum Gasteiger partial charge on any atom is 0.126 e. The highest BCUT2D eigenvalue weighted by Crippen LogP contribution is 2.47. The summed E-state index contributed by atoms with van der Waals surface area (Å²) in [7, 11) is 0. The molecule has 1 nitrogen and oxygen atoms in total. The molecule has 1 aliphatic rings. The predicted octanol–water partition coefficient (Wildman–Crippen LogP) is 3.05. The fourth-order valence-electron chi connectivity index (χ4n) is 1.40. The molecule has 2 unspecified atom stereocenters. The van der Waals surface area contributed by atoms with Crippen molar-refractivity contribution in [1.82, 2.24) is 0 Å². The number of hydrogen-bond donors (Lipinski definition) is 0. The lowest BCUT2D eigenvalue weighted by atomic mass is 10.3. The van der Waals surface area contributed by atoms with Crippen LogP contribution >= 0.6 is 0 Å². The third kappa shape index (κ3) is 1.11. The molecule has 0 N–H and O–H groups in total. The van der Waals surface area contributed by atoms with E-state index in [1.54, 1.807) is 6.08 Å². The van der Waals surface area contributed by atoms with E-state index in [9.17, 15) is 0 Å². The number of rotatable bonds is 2. The van der Waals surface area contributed by atoms with Crippen LogP contribution in [0.25, 0.3) is 6.08 Å². The van der Waals surface area contributed by atoms with Crippen molar-refractivity contribution in [3.63, 3.8) is 0 Å². The van der Waals surface area contributed by atoms with Gasteiger partial charge in [0.05, 0.1) is 0 Å². The van der Waals surface area contributed by atoms with Crippen molar-refractivity contribution in [2.24, 2.45) is 5.92 Å². The molecule has 1 fully saturated rings. The molecule has 1 aromatic heterocycles. The second-order valence-corrected chi connectivity index (χ2v) is 3.26. The molecule has 0 aliphatic heterocycles. The van der Waals surface area contributed by atoms with Crippen LogP contribution in [0.4, 0.5) is 0 Å². The van der Waals surface area contributed by atoms with Crippen molar-refractivity contribution in [1.29, 1.82) is 0 Å². The van der Waals surface area contributed by atoms with Crippen LogP contribution in [0.3, 0.4) is 0 Å². The highest BCUT2D eigenvalue weighted by Gasteiger charge is 2.36. The molecule has 0 amide bonds. The van der Waals surface area contributed by atoms with Crippen molar-refractivity contribution in [3.8, 4) is 0 Å². The predicted molar refractivity (Wildman–Crippen MR) is 45.3 cm³/mol. The van der Waals surface area contributed by atoms with Crippen LogP contribution in [0.5, 0.6) is 0 Å². The molecule has 0 saturated heterocycles. The Balaban J connectivity index is 2.19. The third-order valence-corrected chi connectivity index (χ3v) is 2.32. The van der Waals surface area contributed by atoms with Gasteiger partial charge in [0.1, 0.15) is 11.5 Å². The second-order valence-electron chi connectivity index (χ2n) is 3.26. The highest BCUT2D eigenvalue weighted by atomic mass is 16.3. The van der Waals surface area contributed by atoms with E-state index in [0.717, 1.165) is 17.4 Å². The summed E-state index contributed by atoms with van der Waals surface area (Å²) in [5.74, 6) is 3.52. The van der Waals surface area contributed by atoms with E-state index in [4.69, 9.17) is 4.42 Å². The summed E-state index contributed by atoms with van der Waals surface area (Å²) in [6, 6.07) is 4.04. The Hall–Kier alpha value is -0.980. The molecule has 0 bridgehead atoms. The lowest BCUT2D eigenvalue weighted by molar-refractivity contribution is 0.498. The molecular weight excluding hydrogens is 136 g/mol. The Labute approximate surface area is 66.7 Å². The minimum Gasteiger partial charge on any atom is -0.461 e. The molecular formula is C10H12O.